The Morgan fingerprint density at radius 2 is 2.15 bits per heavy atom. The monoisotopic (exact) mass is 297 g/mol. The van der Waals surface area contributed by atoms with Crippen LogP contribution in [0.3, 0.4) is 0 Å². The molecule has 2 rings (SSSR count). The van der Waals surface area contributed by atoms with E-state index < -0.39 is 22.0 Å². The average molecular weight is 297 g/mol. The van der Waals surface area contributed by atoms with Crippen LogP contribution in [0.15, 0.2) is 23.1 Å². The van der Waals surface area contributed by atoms with Crippen LogP contribution in [0, 0.1) is 6.92 Å². The number of amides is 1. The topological polar surface area (TPSA) is 106 Å². The van der Waals surface area contributed by atoms with Crippen molar-refractivity contribution in [2.75, 3.05) is 6.54 Å². The second-order valence-corrected chi connectivity index (χ2v) is 6.84. The van der Waals surface area contributed by atoms with E-state index in [1.165, 1.54) is 4.31 Å². The van der Waals surface area contributed by atoms with Crippen molar-refractivity contribution < 1.29 is 13.2 Å². The molecule has 1 heterocycles. The minimum atomic E-state index is -3.72. The fourth-order valence-electron chi connectivity index (χ4n) is 2.49. The van der Waals surface area contributed by atoms with Crippen LogP contribution in [0.1, 0.15) is 24.0 Å². The molecule has 110 valence electrons. The molecular formula is C13H19N3O3S. The Labute approximate surface area is 118 Å². The lowest BCUT2D eigenvalue weighted by atomic mass is 10.1. The fourth-order valence-corrected chi connectivity index (χ4v) is 4.43. The molecule has 1 fully saturated rings. The zero-order valence-electron chi connectivity index (χ0n) is 11.4. The van der Waals surface area contributed by atoms with Gasteiger partial charge in [0.2, 0.25) is 15.9 Å². The summed E-state index contributed by atoms with van der Waals surface area (Å²) in [5.74, 6) is -0.598. The molecule has 1 aliphatic heterocycles. The summed E-state index contributed by atoms with van der Waals surface area (Å²) in [5, 5.41) is 0. The quantitative estimate of drug-likeness (QED) is 0.821. The number of rotatable bonds is 4. The maximum Gasteiger partial charge on any atom is 0.244 e. The lowest BCUT2D eigenvalue weighted by Crippen LogP contribution is -2.43. The summed E-state index contributed by atoms with van der Waals surface area (Å²) in [4.78, 5) is 11.6. The minimum absolute atomic E-state index is 0.202. The van der Waals surface area contributed by atoms with E-state index in [0.29, 0.717) is 24.9 Å². The molecule has 7 heteroatoms. The molecule has 1 aromatic carbocycles. The van der Waals surface area contributed by atoms with E-state index in [0.717, 1.165) is 5.56 Å². The summed E-state index contributed by atoms with van der Waals surface area (Å²) >= 11 is 0. The van der Waals surface area contributed by atoms with Crippen LogP contribution in [-0.4, -0.2) is 31.2 Å². The first kappa shape index (κ1) is 15.0. The molecule has 20 heavy (non-hydrogen) atoms. The van der Waals surface area contributed by atoms with Crippen LogP contribution in [0.5, 0.6) is 0 Å². The maximum absolute atomic E-state index is 12.7. The van der Waals surface area contributed by atoms with E-state index in [4.69, 9.17) is 11.5 Å². The Morgan fingerprint density at radius 1 is 1.45 bits per heavy atom. The molecule has 0 bridgehead atoms. The second-order valence-electron chi connectivity index (χ2n) is 4.98. The molecule has 0 aliphatic carbocycles. The van der Waals surface area contributed by atoms with Crippen LogP contribution in [0.4, 0.5) is 0 Å². The largest absolute Gasteiger partial charge is 0.368 e. The van der Waals surface area contributed by atoms with Crippen LogP contribution < -0.4 is 11.5 Å². The van der Waals surface area contributed by atoms with Crippen LogP contribution >= 0.6 is 0 Å². The molecule has 4 N–H and O–H groups in total. The highest BCUT2D eigenvalue weighted by Gasteiger charge is 2.38. The van der Waals surface area contributed by atoms with Crippen molar-refractivity contribution in [1.82, 2.24) is 4.31 Å². The standard InChI is InChI=1S/C13H19N3O3S/c1-9-4-5-10(8-14)7-12(9)20(18,19)16-6-2-3-11(16)13(15)17/h4-5,7,11H,2-3,6,8,14H2,1H3,(H2,15,17). The van der Waals surface area contributed by atoms with Gasteiger partial charge in [-0.2, -0.15) is 4.31 Å². The van der Waals surface area contributed by atoms with E-state index in [2.05, 4.69) is 0 Å². The van der Waals surface area contributed by atoms with Gasteiger partial charge >= 0.3 is 0 Å². The second kappa shape index (κ2) is 5.51. The Morgan fingerprint density at radius 3 is 2.75 bits per heavy atom. The zero-order chi connectivity index (χ0) is 14.9. The number of primary amides is 1. The van der Waals surface area contributed by atoms with E-state index >= 15 is 0 Å². The van der Waals surface area contributed by atoms with Crippen molar-refractivity contribution in [3.63, 3.8) is 0 Å². The number of carbonyl (C=O) groups is 1. The molecule has 1 unspecified atom stereocenters. The Hall–Kier alpha value is -1.44. The highest BCUT2D eigenvalue weighted by molar-refractivity contribution is 7.89. The molecule has 0 radical (unpaired) electrons. The highest BCUT2D eigenvalue weighted by atomic mass is 32.2. The fraction of sp³-hybridized carbons (Fsp3) is 0.462. The van der Waals surface area contributed by atoms with Gasteiger partial charge in [0.25, 0.3) is 0 Å². The Bertz CT molecular complexity index is 628. The first-order valence-corrected chi connectivity index (χ1v) is 7.92. The number of sulfonamides is 1. The van der Waals surface area contributed by atoms with E-state index in [9.17, 15) is 13.2 Å². The van der Waals surface area contributed by atoms with Crippen molar-refractivity contribution >= 4 is 15.9 Å². The molecule has 0 aromatic heterocycles. The van der Waals surface area contributed by atoms with Crippen LogP contribution in [0.2, 0.25) is 0 Å². The van der Waals surface area contributed by atoms with Gasteiger partial charge in [0.05, 0.1) is 4.90 Å². The average Bonchev–Trinajstić information content (AvgIpc) is 2.89. The number of carbonyl (C=O) groups excluding carboxylic acids is 1. The van der Waals surface area contributed by atoms with Gasteiger partial charge < -0.3 is 11.5 Å². The Balaban J connectivity index is 2.47. The highest BCUT2D eigenvalue weighted by Crippen LogP contribution is 2.28. The summed E-state index contributed by atoms with van der Waals surface area (Å²) in [5.41, 5.74) is 12.2. The number of nitrogens with two attached hydrogens (primary N) is 2. The van der Waals surface area contributed by atoms with Gasteiger partial charge in [-0.1, -0.05) is 12.1 Å². The number of hydrogen-bond acceptors (Lipinski definition) is 4. The third kappa shape index (κ3) is 2.56. The first-order chi connectivity index (χ1) is 9.37. The van der Waals surface area contributed by atoms with Crippen molar-refractivity contribution in [3.05, 3.63) is 29.3 Å². The predicted octanol–water partition coefficient (Wildman–Crippen LogP) is 0.0921. The molecule has 1 saturated heterocycles. The minimum Gasteiger partial charge on any atom is -0.368 e. The smallest absolute Gasteiger partial charge is 0.244 e. The molecule has 0 saturated carbocycles. The van der Waals surface area contributed by atoms with Crippen LogP contribution in [-0.2, 0) is 21.4 Å². The molecule has 1 amide bonds. The third-order valence-corrected chi connectivity index (χ3v) is 5.66. The summed E-state index contributed by atoms with van der Waals surface area (Å²) < 4.78 is 26.6. The maximum atomic E-state index is 12.7. The lowest BCUT2D eigenvalue weighted by Gasteiger charge is -2.23. The van der Waals surface area contributed by atoms with Crippen molar-refractivity contribution in [2.45, 2.75) is 37.2 Å². The predicted molar refractivity (Wildman–Crippen MR) is 75.2 cm³/mol. The summed E-state index contributed by atoms with van der Waals surface area (Å²) in [7, 11) is -3.72. The summed E-state index contributed by atoms with van der Waals surface area (Å²) in [6.45, 7) is 2.31. The number of benzene rings is 1. The SMILES string of the molecule is Cc1ccc(CN)cc1S(=O)(=O)N1CCCC1C(N)=O. The summed E-state index contributed by atoms with van der Waals surface area (Å²) in [6.07, 6.45) is 1.12. The number of nitrogens with zero attached hydrogens (tertiary/aromatic N) is 1. The summed E-state index contributed by atoms with van der Waals surface area (Å²) in [6, 6.07) is 4.34. The van der Waals surface area contributed by atoms with Gasteiger partial charge in [-0.05, 0) is 37.0 Å². The molecule has 1 atom stereocenters. The Kier molecular flexibility index (Phi) is 4.12. The molecule has 0 spiro atoms. The molecule has 1 aliphatic rings. The van der Waals surface area contributed by atoms with E-state index in [1.807, 2.05) is 0 Å². The van der Waals surface area contributed by atoms with Gasteiger partial charge in [0.15, 0.2) is 0 Å². The van der Waals surface area contributed by atoms with Crippen molar-refractivity contribution in [2.24, 2.45) is 11.5 Å². The van der Waals surface area contributed by atoms with Gasteiger partial charge in [-0.25, -0.2) is 8.42 Å². The normalized spacial score (nSPS) is 20.2. The van der Waals surface area contributed by atoms with Crippen molar-refractivity contribution in [1.29, 1.82) is 0 Å². The van der Waals surface area contributed by atoms with Gasteiger partial charge in [-0.3, -0.25) is 4.79 Å². The molecule has 6 nitrogen and oxygen atoms in total. The van der Waals surface area contributed by atoms with Gasteiger partial charge in [-0.15, -0.1) is 0 Å². The number of hydrogen-bond donors (Lipinski definition) is 2. The molecule has 1 aromatic rings. The van der Waals surface area contributed by atoms with Gasteiger partial charge in [0, 0.05) is 13.1 Å². The number of aryl methyl sites for hydroxylation is 1. The first-order valence-electron chi connectivity index (χ1n) is 6.48. The van der Waals surface area contributed by atoms with E-state index in [-0.39, 0.29) is 11.4 Å². The third-order valence-electron chi connectivity index (χ3n) is 3.61. The van der Waals surface area contributed by atoms with Gasteiger partial charge in [0.1, 0.15) is 6.04 Å². The lowest BCUT2D eigenvalue weighted by molar-refractivity contribution is -0.121. The zero-order valence-corrected chi connectivity index (χ0v) is 12.2. The van der Waals surface area contributed by atoms with Crippen LogP contribution in [0.25, 0.3) is 0 Å². The van der Waals surface area contributed by atoms with Crippen molar-refractivity contribution in [3.8, 4) is 0 Å². The van der Waals surface area contributed by atoms with E-state index in [1.54, 1.807) is 25.1 Å². The molecular weight excluding hydrogens is 278 g/mol.